The number of carbonyl (C=O) groups is 1. The molecule has 0 saturated heterocycles. The first kappa shape index (κ1) is 21.9. The molecule has 1 atom stereocenters. The van der Waals surface area contributed by atoms with Crippen LogP contribution in [0.3, 0.4) is 0 Å². The van der Waals surface area contributed by atoms with Gasteiger partial charge in [0, 0.05) is 6.04 Å². The lowest BCUT2D eigenvalue weighted by atomic mass is 9.87. The van der Waals surface area contributed by atoms with Gasteiger partial charge in [0.05, 0.1) is 12.0 Å². The maximum atomic E-state index is 13.0. The van der Waals surface area contributed by atoms with Gasteiger partial charge in [-0.2, -0.15) is 0 Å². The Hall–Kier alpha value is -1.18. The molecule has 0 heterocycles. The van der Waals surface area contributed by atoms with E-state index in [2.05, 4.69) is 25.4 Å². The number of esters is 1. The standard InChI is InChI=1S/C18H26BrNO4S/c1-11-8-12(2)16(13(3)9-11)25(22,23)20-15(18(4,5)6)10-14(19)17(21)24-7/h8-10,15,20H,1-7H3/b14-10-. The third kappa shape index (κ3) is 5.66. The minimum absolute atomic E-state index is 0.176. The summed E-state index contributed by atoms with van der Waals surface area (Å²) in [5, 5.41) is 0. The molecule has 1 N–H and O–H groups in total. The second-order valence-electron chi connectivity index (χ2n) is 7.20. The molecule has 0 aliphatic carbocycles. The summed E-state index contributed by atoms with van der Waals surface area (Å²) in [6.07, 6.45) is 1.53. The number of halogens is 1. The average Bonchev–Trinajstić information content (AvgIpc) is 2.42. The van der Waals surface area contributed by atoms with Crippen LogP contribution in [0.25, 0.3) is 0 Å². The Bertz CT molecular complexity index is 769. The molecule has 1 rings (SSSR count). The van der Waals surface area contributed by atoms with E-state index >= 15 is 0 Å². The summed E-state index contributed by atoms with van der Waals surface area (Å²) in [7, 11) is -2.50. The van der Waals surface area contributed by atoms with Crippen LogP contribution in [0.2, 0.25) is 0 Å². The van der Waals surface area contributed by atoms with Gasteiger partial charge in [0.25, 0.3) is 0 Å². The monoisotopic (exact) mass is 431 g/mol. The fourth-order valence-electron chi connectivity index (χ4n) is 2.59. The van der Waals surface area contributed by atoms with E-state index in [0.717, 1.165) is 5.56 Å². The van der Waals surface area contributed by atoms with Crippen LogP contribution in [-0.4, -0.2) is 27.5 Å². The van der Waals surface area contributed by atoms with Gasteiger partial charge in [0.2, 0.25) is 10.0 Å². The molecule has 0 fully saturated rings. The summed E-state index contributed by atoms with van der Waals surface area (Å²) in [4.78, 5) is 11.9. The Morgan fingerprint density at radius 1 is 1.20 bits per heavy atom. The third-order valence-corrected chi connectivity index (χ3v) is 6.12. The third-order valence-electron chi connectivity index (χ3n) is 3.78. The number of rotatable bonds is 5. The summed E-state index contributed by atoms with van der Waals surface area (Å²) in [5.41, 5.74) is 1.93. The number of ether oxygens (including phenoxy) is 1. The second kappa shape index (κ2) is 8.01. The maximum Gasteiger partial charge on any atom is 0.344 e. The lowest BCUT2D eigenvalue weighted by molar-refractivity contribution is -0.135. The molecule has 0 spiro atoms. The molecule has 1 aromatic rings. The summed E-state index contributed by atoms with van der Waals surface area (Å²) >= 11 is 3.15. The van der Waals surface area contributed by atoms with E-state index in [0.29, 0.717) is 11.1 Å². The highest BCUT2D eigenvalue weighted by molar-refractivity contribution is 9.12. The van der Waals surface area contributed by atoms with Crippen molar-refractivity contribution in [1.29, 1.82) is 0 Å². The number of benzene rings is 1. The van der Waals surface area contributed by atoms with Crippen molar-refractivity contribution < 1.29 is 17.9 Å². The molecule has 0 saturated carbocycles. The minimum atomic E-state index is -3.77. The summed E-state index contributed by atoms with van der Waals surface area (Å²) < 4.78 is 33.5. The van der Waals surface area contributed by atoms with Gasteiger partial charge in [-0.25, -0.2) is 17.9 Å². The first-order valence-corrected chi connectivity index (χ1v) is 10.1. The normalized spacial score (nSPS) is 14.3. The molecule has 0 bridgehead atoms. The molecule has 0 aromatic heterocycles. The van der Waals surface area contributed by atoms with Crippen molar-refractivity contribution in [1.82, 2.24) is 4.72 Å². The molecule has 0 aliphatic heterocycles. The molecule has 25 heavy (non-hydrogen) atoms. The van der Waals surface area contributed by atoms with Crippen molar-refractivity contribution in [2.75, 3.05) is 7.11 Å². The Kier molecular flexibility index (Phi) is 7.01. The van der Waals surface area contributed by atoms with E-state index in [4.69, 9.17) is 0 Å². The quantitative estimate of drug-likeness (QED) is 0.568. The SMILES string of the molecule is COC(=O)/C(Br)=C/C(NS(=O)(=O)c1c(C)cc(C)cc1C)C(C)(C)C. The maximum absolute atomic E-state index is 13.0. The Morgan fingerprint density at radius 3 is 2.08 bits per heavy atom. The minimum Gasteiger partial charge on any atom is -0.465 e. The van der Waals surface area contributed by atoms with Crippen LogP contribution in [0.5, 0.6) is 0 Å². The van der Waals surface area contributed by atoms with Gasteiger partial charge in [0.1, 0.15) is 4.48 Å². The lowest BCUT2D eigenvalue weighted by Gasteiger charge is -2.29. The first-order chi connectivity index (χ1) is 11.3. The second-order valence-corrected chi connectivity index (χ2v) is 9.70. The lowest BCUT2D eigenvalue weighted by Crippen LogP contribution is -2.43. The summed E-state index contributed by atoms with van der Waals surface area (Å²) in [6.45, 7) is 11.2. The number of aryl methyl sites for hydroxylation is 3. The smallest absolute Gasteiger partial charge is 0.344 e. The van der Waals surface area contributed by atoms with Crippen LogP contribution < -0.4 is 4.72 Å². The van der Waals surface area contributed by atoms with Gasteiger partial charge in [-0.3, -0.25) is 0 Å². The van der Waals surface area contributed by atoms with Crippen molar-refractivity contribution in [3.05, 3.63) is 39.4 Å². The molecule has 0 radical (unpaired) electrons. The molecular weight excluding hydrogens is 406 g/mol. The highest BCUT2D eigenvalue weighted by Crippen LogP contribution is 2.27. The van der Waals surface area contributed by atoms with E-state index in [-0.39, 0.29) is 9.38 Å². The topological polar surface area (TPSA) is 72.5 Å². The fourth-order valence-corrected chi connectivity index (χ4v) is 4.85. The van der Waals surface area contributed by atoms with E-state index in [1.165, 1.54) is 13.2 Å². The van der Waals surface area contributed by atoms with E-state index in [1.807, 2.05) is 39.8 Å². The summed E-state index contributed by atoms with van der Waals surface area (Å²) in [5.74, 6) is -0.559. The van der Waals surface area contributed by atoms with Crippen LogP contribution in [0.1, 0.15) is 37.5 Å². The number of hydrogen-bond acceptors (Lipinski definition) is 4. The van der Waals surface area contributed by atoms with Crippen LogP contribution in [0.4, 0.5) is 0 Å². The van der Waals surface area contributed by atoms with Crippen molar-refractivity contribution in [2.45, 2.75) is 52.5 Å². The Morgan fingerprint density at radius 2 is 1.68 bits per heavy atom. The number of nitrogens with one attached hydrogen (secondary N) is 1. The predicted octanol–water partition coefficient (Wildman–Crippen LogP) is 3.76. The number of carbonyl (C=O) groups excluding carboxylic acids is 1. The van der Waals surface area contributed by atoms with Gasteiger partial charge in [0.15, 0.2) is 0 Å². The van der Waals surface area contributed by atoms with Gasteiger partial charge >= 0.3 is 5.97 Å². The average molecular weight is 432 g/mol. The van der Waals surface area contributed by atoms with Crippen LogP contribution in [-0.2, 0) is 19.6 Å². The Labute approximate surface area is 159 Å². The van der Waals surface area contributed by atoms with E-state index in [9.17, 15) is 13.2 Å². The molecule has 5 nitrogen and oxygen atoms in total. The fraction of sp³-hybridized carbons (Fsp3) is 0.500. The van der Waals surface area contributed by atoms with E-state index < -0.39 is 27.4 Å². The molecule has 0 amide bonds. The largest absolute Gasteiger partial charge is 0.465 e. The van der Waals surface area contributed by atoms with Crippen molar-refractivity contribution >= 4 is 31.9 Å². The first-order valence-electron chi connectivity index (χ1n) is 7.85. The van der Waals surface area contributed by atoms with Crippen molar-refractivity contribution in [3.8, 4) is 0 Å². The van der Waals surface area contributed by atoms with E-state index in [1.54, 1.807) is 13.8 Å². The predicted molar refractivity (Wildman–Crippen MR) is 103 cm³/mol. The molecule has 0 aliphatic rings. The highest BCUT2D eigenvalue weighted by atomic mass is 79.9. The Balaban J connectivity index is 3.36. The van der Waals surface area contributed by atoms with Gasteiger partial charge in [-0.05, 0) is 59.3 Å². The molecular formula is C18H26BrNO4S. The van der Waals surface area contributed by atoms with Crippen LogP contribution in [0.15, 0.2) is 27.6 Å². The highest BCUT2D eigenvalue weighted by Gasteiger charge is 2.30. The number of methoxy groups -OCH3 is 1. The van der Waals surface area contributed by atoms with Gasteiger partial charge in [-0.15, -0.1) is 0 Å². The van der Waals surface area contributed by atoms with Gasteiger partial charge < -0.3 is 4.74 Å². The molecule has 7 heteroatoms. The number of hydrogen-bond donors (Lipinski definition) is 1. The van der Waals surface area contributed by atoms with Gasteiger partial charge in [-0.1, -0.05) is 38.5 Å². The molecule has 1 aromatic carbocycles. The zero-order valence-electron chi connectivity index (χ0n) is 15.7. The zero-order chi connectivity index (χ0) is 19.6. The summed E-state index contributed by atoms with van der Waals surface area (Å²) in [6, 6.07) is 3.08. The van der Waals surface area contributed by atoms with Crippen molar-refractivity contribution in [3.63, 3.8) is 0 Å². The number of sulfonamides is 1. The zero-order valence-corrected chi connectivity index (χ0v) is 18.1. The van der Waals surface area contributed by atoms with Crippen LogP contribution in [0, 0.1) is 26.2 Å². The molecule has 1 unspecified atom stereocenters. The molecule has 140 valence electrons. The van der Waals surface area contributed by atoms with Crippen LogP contribution >= 0.6 is 15.9 Å². The van der Waals surface area contributed by atoms with Crippen molar-refractivity contribution in [2.24, 2.45) is 5.41 Å².